The summed E-state index contributed by atoms with van der Waals surface area (Å²) in [5, 5.41) is 10.3. The van der Waals surface area contributed by atoms with Gasteiger partial charge in [0.25, 0.3) is 0 Å². The zero-order chi connectivity index (χ0) is 16.4. The van der Waals surface area contributed by atoms with Crippen molar-refractivity contribution >= 4 is 17.0 Å². The van der Waals surface area contributed by atoms with Crippen LogP contribution in [-0.4, -0.2) is 21.4 Å². The number of carbonyl (C=O) groups excluding carboxylic acids is 1. The number of benzene rings is 2. The number of hydrogen-bond donors (Lipinski definition) is 1. The van der Waals surface area contributed by atoms with E-state index in [-0.39, 0.29) is 12.2 Å². The lowest BCUT2D eigenvalue weighted by Gasteiger charge is -2.08. The number of H-pyrrole nitrogens is 1. The summed E-state index contributed by atoms with van der Waals surface area (Å²) in [6.07, 6.45) is -4.44. The Bertz CT molecular complexity index is 841. The summed E-state index contributed by atoms with van der Waals surface area (Å²) < 4.78 is 42.5. The Morgan fingerprint density at radius 1 is 1.04 bits per heavy atom. The lowest BCUT2D eigenvalue weighted by atomic mass is 10.1. The van der Waals surface area contributed by atoms with Gasteiger partial charge in [0.2, 0.25) is 0 Å². The SMILES string of the molecule is O=C(OCc1ccc2n[nH]nc2c1)c1ccc(C(F)(F)F)cc1. The molecule has 0 saturated heterocycles. The Morgan fingerprint density at radius 3 is 2.43 bits per heavy atom. The van der Waals surface area contributed by atoms with Gasteiger partial charge in [-0.15, -0.1) is 0 Å². The molecule has 1 N–H and O–H groups in total. The van der Waals surface area contributed by atoms with Crippen molar-refractivity contribution in [2.75, 3.05) is 0 Å². The zero-order valence-corrected chi connectivity index (χ0v) is 11.6. The molecule has 0 spiro atoms. The topological polar surface area (TPSA) is 67.9 Å². The summed E-state index contributed by atoms with van der Waals surface area (Å²) >= 11 is 0. The molecule has 5 nitrogen and oxygen atoms in total. The number of aromatic amines is 1. The van der Waals surface area contributed by atoms with Crippen LogP contribution in [0.15, 0.2) is 42.5 Å². The van der Waals surface area contributed by atoms with E-state index < -0.39 is 17.7 Å². The third kappa shape index (κ3) is 3.31. The van der Waals surface area contributed by atoms with Crippen LogP contribution in [0.1, 0.15) is 21.5 Å². The summed E-state index contributed by atoms with van der Waals surface area (Å²) in [5.41, 5.74) is 1.26. The molecular formula is C15H10F3N3O2. The summed E-state index contributed by atoms with van der Waals surface area (Å²) in [4.78, 5) is 11.9. The van der Waals surface area contributed by atoms with Crippen LogP contribution in [0, 0.1) is 0 Å². The van der Waals surface area contributed by atoms with E-state index in [2.05, 4.69) is 15.4 Å². The number of hydrogen-bond acceptors (Lipinski definition) is 4. The number of ether oxygens (including phenoxy) is 1. The predicted molar refractivity (Wildman–Crippen MR) is 74.5 cm³/mol. The molecule has 3 rings (SSSR count). The normalized spacial score (nSPS) is 11.6. The summed E-state index contributed by atoms with van der Waals surface area (Å²) in [5.74, 6) is -0.695. The van der Waals surface area contributed by atoms with Gasteiger partial charge in [-0.05, 0) is 42.0 Å². The first-order valence-electron chi connectivity index (χ1n) is 6.57. The van der Waals surface area contributed by atoms with E-state index >= 15 is 0 Å². The van der Waals surface area contributed by atoms with E-state index in [0.29, 0.717) is 16.6 Å². The largest absolute Gasteiger partial charge is 0.457 e. The van der Waals surface area contributed by atoms with Gasteiger partial charge in [0, 0.05) is 0 Å². The van der Waals surface area contributed by atoms with Crippen molar-refractivity contribution in [3.8, 4) is 0 Å². The van der Waals surface area contributed by atoms with Gasteiger partial charge in [0.05, 0.1) is 11.1 Å². The van der Waals surface area contributed by atoms with Gasteiger partial charge in [-0.2, -0.15) is 28.6 Å². The number of rotatable bonds is 3. The Labute approximate surface area is 128 Å². The minimum atomic E-state index is -4.44. The van der Waals surface area contributed by atoms with Crippen molar-refractivity contribution in [1.82, 2.24) is 15.4 Å². The number of nitrogens with zero attached hydrogens (tertiary/aromatic N) is 2. The molecule has 118 valence electrons. The van der Waals surface area contributed by atoms with E-state index in [1.807, 2.05) is 0 Å². The molecule has 8 heteroatoms. The molecule has 3 aromatic rings. The average Bonchev–Trinajstić information content (AvgIpc) is 2.99. The van der Waals surface area contributed by atoms with E-state index in [9.17, 15) is 18.0 Å². The second-order valence-electron chi connectivity index (χ2n) is 4.80. The first-order valence-corrected chi connectivity index (χ1v) is 6.57. The van der Waals surface area contributed by atoms with Crippen LogP contribution < -0.4 is 0 Å². The van der Waals surface area contributed by atoms with Crippen LogP contribution in [0.25, 0.3) is 11.0 Å². The molecule has 1 heterocycles. The molecule has 0 unspecified atom stereocenters. The van der Waals surface area contributed by atoms with E-state index in [0.717, 1.165) is 24.3 Å². The summed E-state index contributed by atoms with van der Waals surface area (Å²) in [6, 6.07) is 9.03. The van der Waals surface area contributed by atoms with Crippen molar-refractivity contribution in [3.63, 3.8) is 0 Å². The minimum Gasteiger partial charge on any atom is -0.457 e. The number of carbonyl (C=O) groups is 1. The molecule has 0 radical (unpaired) electrons. The molecule has 23 heavy (non-hydrogen) atoms. The van der Waals surface area contributed by atoms with Crippen LogP contribution in [0.3, 0.4) is 0 Å². The van der Waals surface area contributed by atoms with Gasteiger partial charge in [0.15, 0.2) is 0 Å². The second-order valence-corrected chi connectivity index (χ2v) is 4.80. The first-order chi connectivity index (χ1) is 10.9. The third-order valence-electron chi connectivity index (χ3n) is 3.20. The number of halogens is 3. The molecule has 1 aromatic heterocycles. The van der Waals surface area contributed by atoms with Crippen molar-refractivity contribution in [2.24, 2.45) is 0 Å². The fourth-order valence-electron chi connectivity index (χ4n) is 2.00. The standard InChI is InChI=1S/C15H10F3N3O2/c16-15(17,18)11-4-2-10(3-5-11)14(22)23-8-9-1-6-12-13(7-9)20-21-19-12/h1-7H,8H2,(H,19,20,21). The van der Waals surface area contributed by atoms with E-state index in [1.54, 1.807) is 18.2 Å². The van der Waals surface area contributed by atoms with Crippen LogP contribution in [-0.2, 0) is 17.5 Å². The maximum atomic E-state index is 12.5. The maximum Gasteiger partial charge on any atom is 0.416 e. The fourth-order valence-corrected chi connectivity index (χ4v) is 2.00. The smallest absolute Gasteiger partial charge is 0.416 e. The molecule has 2 aromatic carbocycles. The van der Waals surface area contributed by atoms with Crippen molar-refractivity contribution in [2.45, 2.75) is 12.8 Å². The number of esters is 1. The lowest BCUT2D eigenvalue weighted by molar-refractivity contribution is -0.137. The highest BCUT2D eigenvalue weighted by Crippen LogP contribution is 2.29. The van der Waals surface area contributed by atoms with Crippen LogP contribution in [0.5, 0.6) is 0 Å². The highest BCUT2D eigenvalue weighted by Gasteiger charge is 2.30. The Balaban J connectivity index is 1.66. The Morgan fingerprint density at radius 2 is 1.74 bits per heavy atom. The minimum absolute atomic E-state index is 0.0113. The van der Waals surface area contributed by atoms with Gasteiger partial charge in [-0.3, -0.25) is 0 Å². The monoisotopic (exact) mass is 321 g/mol. The summed E-state index contributed by atoms with van der Waals surface area (Å²) in [7, 11) is 0. The first kappa shape index (κ1) is 15.0. The highest BCUT2D eigenvalue weighted by molar-refractivity contribution is 5.89. The fraction of sp³-hybridized carbons (Fsp3) is 0.133. The molecule has 0 saturated carbocycles. The molecule has 0 fully saturated rings. The van der Waals surface area contributed by atoms with Gasteiger partial charge in [-0.1, -0.05) is 6.07 Å². The van der Waals surface area contributed by atoms with Crippen molar-refractivity contribution < 1.29 is 22.7 Å². The number of fused-ring (bicyclic) bond motifs is 1. The van der Waals surface area contributed by atoms with Gasteiger partial charge < -0.3 is 4.74 Å². The third-order valence-corrected chi connectivity index (χ3v) is 3.20. The number of nitrogens with one attached hydrogen (secondary N) is 1. The molecule has 0 amide bonds. The van der Waals surface area contributed by atoms with Gasteiger partial charge in [-0.25, -0.2) is 4.79 Å². The maximum absolute atomic E-state index is 12.5. The molecule has 0 aliphatic carbocycles. The van der Waals surface area contributed by atoms with Crippen LogP contribution in [0.4, 0.5) is 13.2 Å². The quantitative estimate of drug-likeness (QED) is 0.751. The van der Waals surface area contributed by atoms with Crippen LogP contribution >= 0.6 is 0 Å². The molecule has 0 aliphatic heterocycles. The lowest BCUT2D eigenvalue weighted by Crippen LogP contribution is -2.08. The highest BCUT2D eigenvalue weighted by atomic mass is 19.4. The van der Waals surface area contributed by atoms with E-state index in [4.69, 9.17) is 4.74 Å². The van der Waals surface area contributed by atoms with Crippen molar-refractivity contribution in [3.05, 3.63) is 59.2 Å². The van der Waals surface area contributed by atoms with Gasteiger partial charge >= 0.3 is 12.1 Å². The average molecular weight is 321 g/mol. The molecule has 0 atom stereocenters. The molecule has 0 aliphatic rings. The second kappa shape index (κ2) is 5.71. The Hall–Kier alpha value is -2.90. The van der Waals surface area contributed by atoms with Crippen LogP contribution in [0.2, 0.25) is 0 Å². The number of alkyl halides is 3. The predicted octanol–water partition coefficient (Wildman–Crippen LogP) is 3.33. The summed E-state index contributed by atoms with van der Waals surface area (Å²) in [6.45, 7) is -0.0113. The molecular weight excluding hydrogens is 311 g/mol. The van der Waals surface area contributed by atoms with Gasteiger partial charge in [0.1, 0.15) is 17.6 Å². The number of aromatic nitrogens is 3. The van der Waals surface area contributed by atoms with Crippen molar-refractivity contribution in [1.29, 1.82) is 0 Å². The molecule has 0 bridgehead atoms. The Kier molecular flexibility index (Phi) is 3.73. The zero-order valence-electron chi connectivity index (χ0n) is 11.6. The van der Waals surface area contributed by atoms with E-state index in [1.165, 1.54) is 0 Å².